The molecule has 0 aliphatic carbocycles. The molecule has 3 heteroatoms. The average Bonchev–Trinajstić information content (AvgIpc) is 2.19. The van der Waals surface area contributed by atoms with Crippen molar-refractivity contribution in [3.63, 3.8) is 0 Å². The molecule has 0 aliphatic heterocycles. The second-order valence-corrected chi connectivity index (χ2v) is 1.53. The van der Waals surface area contributed by atoms with E-state index in [0.717, 1.165) is 12.2 Å². The predicted octanol–water partition coefficient (Wildman–Crippen LogP) is 1.72. The van der Waals surface area contributed by atoms with E-state index in [1.165, 1.54) is 0 Å². The topological polar surface area (TPSA) is 28.7 Å². The van der Waals surface area contributed by atoms with E-state index in [2.05, 4.69) is 16.5 Å². The number of hydrogen-bond acceptors (Lipinski definition) is 1. The van der Waals surface area contributed by atoms with Crippen LogP contribution in [0, 0.1) is 0 Å². The van der Waals surface area contributed by atoms with Crippen LogP contribution in [-0.2, 0) is 6.42 Å². The van der Waals surface area contributed by atoms with Gasteiger partial charge in [-0.1, -0.05) is 6.08 Å². The minimum absolute atomic E-state index is 0. The number of imidazole rings is 1. The number of allylic oxidation sites excluding steroid dienone is 1. The van der Waals surface area contributed by atoms with Gasteiger partial charge in [-0.15, -0.1) is 23.6 Å². The minimum Gasteiger partial charge on any atom is -0.348 e. The largest absolute Gasteiger partial charge is 0.348 e. The Bertz CT molecular complexity index is 158. The van der Waals surface area contributed by atoms with Crippen LogP contribution >= 0.6 is 17.0 Å². The van der Waals surface area contributed by atoms with Gasteiger partial charge in [-0.2, -0.15) is 0 Å². The smallest absolute Gasteiger partial charge is 0.109 e. The molecule has 0 aromatic carbocycles. The number of nitrogens with one attached hydrogen (secondary N) is 1. The summed E-state index contributed by atoms with van der Waals surface area (Å²) in [4.78, 5) is 6.93. The van der Waals surface area contributed by atoms with Gasteiger partial charge in [0.05, 0.1) is 0 Å². The SMILES string of the molecule is Br.C=CCc1ncc[nH]1. The summed E-state index contributed by atoms with van der Waals surface area (Å²) in [5.41, 5.74) is 0. The summed E-state index contributed by atoms with van der Waals surface area (Å²) < 4.78 is 0. The van der Waals surface area contributed by atoms with E-state index >= 15 is 0 Å². The van der Waals surface area contributed by atoms with Crippen molar-refractivity contribution >= 4 is 17.0 Å². The molecule has 0 radical (unpaired) electrons. The fraction of sp³-hybridized carbons (Fsp3) is 0.167. The van der Waals surface area contributed by atoms with Crippen LogP contribution in [0.15, 0.2) is 25.0 Å². The minimum atomic E-state index is 0. The van der Waals surface area contributed by atoms with Gasteiger partial charge in [-0.25, -0.2) is 4.98 Å². The molecule has 0 saturated heterocycles. The summed E-state index contributed by atoms with van der Waals surface area (Å²) >= 11 is 0. The van der Waals surface area contributed by atoms with Gasteiger partial charge in [-0.3, -0.25) is 0 Å². The van der Waals surface area contributed by atoms with E-state index in [4.69, 9.17) is 0 Å². The van der Waals surface area contributed by atoms with Gasteiger partial charge >= 0.3 is 0 Å². The van der Waals surface area contributed by atoms with E-state index in [0.29, 0.717) is 0 Å². The second-order valence-electron chi connectivity index (χ2n) is 1.53. The van der Waals surface area contributed by atoms with E-state index in [-0.39, 0.29) is 17.0 Å². The van der Waals surface area contributed by atoms with Crippen molar-refractivity contribution < 1.29 is 0 Å². The second kappa shape index (κ2) is 4.32. The maximum absolute atomic E-state index is 3.98. The molecule has 0 aliphatic rings. The van der Waals surface area contributed by atoms with Gasteiger partial charge < -0.3 is 4.98 Å². The van der Waals surface area contributed by atoms with Crippen molar-refractivity contribution in [2.24, 2.45) is 0 Å². The average molecular weight is 189 g/mol. The van der Waals surface area contributed by atoms with Crippen molar-refractivity contribution in [3.05, 3.63) is 30.9 Å². The van der Waals surface area contributed by atoms with E-state index in [1.807, 2.05) is 6.08 Å². The third-order valence-corrected chi connectivity index (χ3v) is 0.893. The van der Waals surface area contributed by atoms with Gasteiger partial charge in [0, 0.05) is 18.8 Å². The molecule has 1 heterocycles. The van der Waals surface area contributed by atoms with Crippen LogP contribution < -0.4 is 0 Å². The maximum Gasteiger partial charge on any atom is 0.109 e. The summed E-state index contributed by atoms with van der Waals surface area (Å²) in [5.74, 6) is 0.972. The molecule has 0 amide bonds. The summed E-state index contributed by atoms with van der Waals surface area (Å²) in [5, 5.41) is 0. The Kier molecular flexibility index (Phi) is 4.05. The van der Waals surface area contributed by atoms with Crippen molar-refractivity contribution in [3.8, 4) is 0 Å². The molecule has 1 aromatic rings. The van der Waals surface area contributed by atoms with Gasteiger partial charge in [-0.05, 0) is 0 Å². The molecule has 0 fully saturated rings. The molecular weight excluding hydrogens is 180 g/mol. The van der Waals surface area contributed by atoms with Crippen LogP contribution in [0.1, 0.15) is 5.82 Å². The maximum atomic E-state index is 3.98. The highest BCUT2D eigenvalue weighted by atomic mass is 79.9. The normalized spacial score (nSPS) is 8.00. The molecular formula is C6H9BrN2. The summed E-state index contributed by atoms with van der Waals surface area (Å²) in [6.07, 6.45) is 6.18. The number of aromatic amines is 1. The Morgan fingerprint density at radius 1 is 1.78 bits per heavy atom. The van der Waals surface area contributed by atoms with Crippen molar-refractivity contribution in [2.45, 2.75) is 6.42 Å². The molecule has 9 heavy (non-hydrogen) atoms. The summed E-state index contributed by atoms with van der Waals surface area (Å²) in [7, 11) is 0. The zero-order chi connectivity index (χ0) is 5.82. The Hall–Kier alpha value is -0.570. The molecule has 0 bridgehead atoms. The monoisotopic (exact) mass is 188 g/mol. The molecule has 0 unspecified atom stereocenters. The molecule has 50 valence electrons. The van der Waals surface area contributed by atoms with Crippen LogP contribution in [0.3, 0.4) is 0 Å². The van der Waals surface area contributed by atoms with E-state index in [1.54, 1.807) is 12.4 Å². The zero-order valence-corrected chi connectivity index (χ0v) is 6.71. The number of H-pyrrole nitrogens is 1. The van der Waals surface area contributed by atoms with Crippen LogP contribution in [0.25, 0.3) is 0 Å². The zero-order valence-electron chi connectivity index (χ0n) is 5.00. The third kappa shape index (κ3) is 2.46. The van der Waals surface area contributed by atoms with Crippen LogP contribution in [0.5, 0.6) is 0 Å². The van der Waals surface area contributed by atoms with E-state index < -0.39 is 0 Å². The molecule has 1 N–H and O–H groups in total. The summed E-state index contributed by atoms with van der Waals surface area (Å²) in [6.45, 7) is 3.58. The lowest BCUT2D eigenvalue weighted by molar-refractivity contribution is 1.06. The number of hydrogen-bond donors (Lipinski definition) is 1. The fourth-order valence-electron chi connectivity index (χ4n) is 0.546. The predicted molar refractivity (Wildman–Crippen MR) is 42.8 cm³/mol. The first kappa shape index (κ1) is 8.43. The van der Waals surface area contributed by atoms with Crippen LogP contribution in [-0.4, -0.2) is 9.97 Å². The first-order valence-electron chi connectivity index (χ1n) is 2.52. The van der Waals surface area contributed by atoms with Gasteiger partial charge in [0.1, 0.15) is 5.82 Å². The first-order chi connectivity index (χ1) is 3.93. The molecule has 0 saturated carbocycles. The van der Waals surface area contributed by atoms with Crippen molar-refractivity contribution in [1.82, 2.24) is 9.97 Å². The molecule has 0 atom stereocenters. The highest BCUT2D eigenvalue weighted by Gasteiger charge is 1.85. The van der Waals surface area contributed by atoms with E-state index in [9.17, 15) is 0 Å². The van der Waals surface area contributed by atoms with Crippen LogP contribution in [0.2, 0.25) is 0 Å². The number of halogens is 1. The molecule has 0 spiro atoms. The fourth-order valence-corrected chi connectivity index (χ4v) is 0.546. The Balaban J connectivity index is 0.000000640. The third-order valence-electron chi connectivity index (χ3n) is 0.893. The highest BCUT2D eigenvalue weighted by molar-refractivity contribution is 8.93. The number of rotatable bonds is 2. The molecule has 1 rings (SSSR count). The van der Waals surface area contributed by atoms with Crippen LogP contribution in [0.4, 0.5) is 0 Å². The summed E-state index contributed by atoms with van der Waals surface area (Å²) in [6, 6.07) is 0. The van der Waals surface area contributed by atoms with Gasteiger partial charge in [0.25, 0.3) is 0 Å². The molecule has 2 nitrogen and oxygen atoms in total. The highest BCUT2D eigenvalue weighted by Crippen LogP contribution is 1.88. The Morgan fingerprint density at radius 3 is 3.00 bits per heavy atom. The van der Waals surface area contributed by atoms with Crippen molar-refractivity contribution in [1.29, 1.82) is 0 Å². The molecule has 1 aromatic heterocycles. The lowest BCUT2D eigenvalue weighted by atomic mass is 10.4. The lowest BCUT2D eigenvalue weighted by Gasteiger charge is -1.82. The van der Waals surface area contributed by atoms with Gasteiger partial charge in [0.2, 0.25) is 0 Å². The Morgan fingerprint density at radius 2 is 2.56 bits per heavy atom. The van der Waals surface area contributed by atoms with Crippen molar-refractivity contribution in [2.75, 3.05) is 0 Å². The lowest BCUT2D eigenvalue weighted by Crippen LogP contribution is -1.80. The quantitative estimate of drug-likeness (QED) is 0.705. The first-order valence-corrected chi connectivity index (χ1v) is 2.52. The van der Waals surface area contributed by atoms with Gasteiger partial charge in [0.15, 0.2) is 0 Å². The standard InChI is InChI=1S/C6H8N2.BrH/c1-2-3-6-7-4-5-8-6;/h2,4-5H,1,3H2,(H,7,8);1H. The number of aromatic nitrogens is 2. The Labute approximate surface area is 64.8 Å². The number of nitrogens with zero attached hydrogens (tertiary/aromatic N) is 1.